The number of nitrogens with zero attached hydrogens (tertiary/aromatic N) is 1. The second-order valence-electron chi connectivity index (χ2n) is 5.57. The number of hydrogen-bond donors (Lipinski definition) is 1. The Morgan fingerprint density at radius 1 is 1.23 bits per heavy atom. The molecule has 1 saturated heterocycles. The Bertz CT molecular complexity index is 607. The lowest BCUT2D eigenvalue weighted by atomic mass is 9.84. The maximum absolute atomic E-state index is 13.2. The van der Waals surface area contributed by atoms with E-state index in [1.54, 1.807) is 4.90 Å². The first-order chi connectivity index (χ1) is 10.6. The predicted octanol–water partition coefficient (Wildman–Crippen LogP) is 2.60. The van der Waals surface area contributed by atoms with Crippen LogP contribution < -0.4 is 5.32 Å². The van der Waals surface area contributed by atoms with Crippen molar-refractivity contribution in [2.45, 2.75) is 25.3 Å². The van der Waals surface area contributed by atoms with Crippen LogP contribution in [0.4, 0.5) is 14.5 Å². The van der Waals surface area contributed by atoms with E-state index < -0.39 is 17.7 Å². The minimum Gasteiger partial charge on any atom is -0.324 e. The molecule has 1 aromatic carbocycles. The van der Waals surface area contributed by atoms with Crippen LogP contribution >= 0.6 is 11.8 Å². The summed E-state index contributed by atoms with van der Waals surface area (Å²) in [6.45, 7) is 0. The summed E-state index contributed by atoms with van der Waals surface area (Å²) in [6.07, 6.45) is 2.83. The molecule has 1 aliphatic carbocycles. The van der Waals surface area contributed by atoms with E-state index in [0.29, 0.717) is 11.6 Å². The van der Waals surface area contributed by atoms with Crippen LogP contribution in [0.15, 0.2) is 18.2 Å². The van der Waals surface area contributed by atoms with Crippen molar-refractivity contribution in [3.8, 4) is 0 Å². The second-order valence-corrected chi connectivity index (χ2v) is 6.57. The van der Waals surface area contributed by atoms with Crippen molar-refractivity contribution in [1.82, 2.24) is 4.90 Å². The minimum absolute atomic E-state index is 0.0293. The number of anilines is 1. The fourth-order valence-corrected chi connectivity index (χ4v) is 3.73. The van der Waals surface area contributed by atoms with Crippen molar-refractivity contribution in [3.05, 3.63) is 29.8 Å². The standard InChI is InChI=1S/C15H16F2N2O2S/c16-11-5-4-10(6-12(11)17)18-14(20)13-7-22-8-19(13)15(21)9-2-1-3-9/h4-6,9,13H,1-3,7-8H2,(H,18,20)/t13-/m0/s1. The summed E-state index contributed by atoms with van der Waals surface area (Å²) < 4.78 is 26.1. The van der Waals surface area contributed by atoms with Gasteiger partial charge in [0.2, 0.25) is 11.8 Å². The first-order valence-electron chi connectivity index (χ1n) is 7.20. The first-order valence-corrected chi connectivity index (χ1v) is 8.36. The summed E-state index contributed by atoms with van der Waals surface area (Å²) in [4.78, 5) is 26.2. The number of benzene rings is 1. The fourth-order valence-electron chi connectivity index (χ4n) is 2.57. The van der Waals surface area contributed by atoms with E-state index in [-0.39, 0.29) is 23.4 Å². The Hall–Kier alpha value is -1.63. The zero-order valence-electron chi connectivity index (χ0n) is 11.9. The number of halogens is 2. The summed E-state index contributed by atoms with van der Waals surface area (Å²) in [5.41, 5.74) is 0.192. The van der Waals surface area contributed by atoms with E-state index in [0.717, 1.165) is 31.4 Å². The molecule has 2 amide bonds. The van der Waals surface area contributed by atoms with E-state index >= 15 is 0 Å². The van der Waals surface area contributed by atoms with Gasteiger partial charge in [0.1, 0.15) is 6.04 Å². The average Bonchev–Trinajstić information content (AvgIpc) is 2.90. The summed E-state index contributed by atoms with van der Waals surface area (Å²) in [5.74, 6) is -1.24. The zero-order chi connectivity index (χ0) is 15.7. The SMILES string of the molecule is O=C(Nc1ccc(F)c(F)c1)[C@@H]1CSCN1C(=O)C1CCC1. The topological polar surface area (TPSA) is 49.4 Å². The third-order valence-electron chi connectivity index (χ3n) is 4.11. The highest BCUT2D eigenvalue weighted by Crippen LogP contribution is 2.32. The van der Waals surface area contributed by atoms with E-state index in [4.69, 9.17) is 0 Å². The molecular formula is C15H16F2N2O2S. The Balaban J connectivity index is 1.67. The molecule has 2 aliphatic rings. The van der Waals surface area contributed by atoms with Crippen LogP contribution in [0.1, 0.15) is 19.3 Å². The van der Waals surface area contributed by atoms with Crippen LogP contribution in [0.25, 0.3) is 0 Å². The van der Waals surface area contributed by atoms with Crippen molar-refractivity contribution in [3.63, 3.8) is 0 Å². The fraction of sp³-hybridized carbons (Fsp3) is 0.467. The van der Waals surface area contributed by atoms with Gasteiger partial charge in [-0.2, -0.15) is 0 Å². The van der Waals surface area contributed by atoms with E-state index in [9.17, 15) is 18.4 Å². The van der Waals surface area contributed by atoms with Gasteiger partial charge < -0.3 is 10.2 Å². The molecule has 1 aliphatic heterocycles. The van der Waals surface area contributed by atoms with E-state index in [1.165, 1.54) is 17.8 Å². The van der Waals surface area contributed by atoms with Crippen LogP contribution in [0.3, 0.4) is 0 Å². The van der Waals surface area contributed by atoms with E-state index in [2.05, 4.69) is 5.32 Å². The summed E-state index contributed by atoms with van der Waals surface area (Å²) in [7, 11) is 0. The van der Waals surface area contributed by atoms with Crippen LogP contribution in [-0.4, -0.2) is 34.4 Å². The second kappa shape index (κ2) is 6.24. The molecular weight excluding hydrogens is 310 g/mol. The molecule has 0 unspecified atom stereocenters. The van der Waals surface area contributed by atoms with Gasteiger partial charge in [0.15, 0.2) is 11.6 Å². The lowest BCUT2D eigenvalue weighted by Gasteiger charge is -2.31. The highest BCUT2D eigenvalue weighted by molar-refractivity contribution is 7.99. The van der Waals surface area contributed by atoms with Crippen LogP contribution in [-0.2, 0) is 9.59 Å². The van der Waals surface area contributed by atoms with Gasteiger partial charge in [0.25, 0.3) is 0 Å². The Kier molecular flexibility index (Phi) is 4.33. The normalized spacial score (nSPS) is 21.5. The molecule has 1 aromatic rings. The van der Waals surface area contributed by atoms with Gasteiger partial charge in [-0.15, -0.1) is 11.8 Å². The quantitative estimate of drug-likeness (QED) is 0.929. The molecule has 4 nitrogen and oxygen atoms in total. The van der Waals surface area contributed by atoms with E-state index in [1.807, 2.05) is 0 Å². The zero-order valence-corrected chi connectivity index (χ0v) is 12.7. The number of rotatable bonds is 3. The molecule has 7 heteroatoms. The summed E-state index contributed by atoms with van der Waals surface area (Å²) in [5, 5.41) is 2.56. The van der Waals surface area contributed by atoms with Crippen molar-refractivity contribution >= 4 is 29.3 Å². The molecule has 2 fully saturated rings. The number of carbonyl (C=O) groups excluding carboxylic acids is 2. The lowest BCUT2D eigenvalue weighted by molar-refractivity contribution is -0.141. The molecule has 0 spiro atoms. The van der Waals surface area contributed by atoms with Gasteiger partial charge >= 0.3 is 0 Å². The Morgan fingerprint density at radius 2 is 2.00 bits per heavy atom. The number of thioether (sulfide) groups is 1. The molecule has 1 heterocycles. The maximum Gasteiger partial charge on any atom is 0.248 e. The van der Waals surface area contributed by atoms with Gasteiger partial charge in [-0.1, -0.05) is 6.42 Å². The molecule has 22 heavy (non-hydrogen) atoms. The molecule has 1 atom stereocenters. The predicted molar refractivity (Wildman–Crippen MR) is 80.3 cm³/mol. The smallest absolute Gasteiger partial charge is 0.248 e. The largest absolute Gasteiger partial charge is 0.324 e. The summed E-state index contributed by atoms with van der Waals surface area (Å²) >= 11 is 1.53. The molecule has 3 rings (SSSR count). The highest BCUT2D eigenvalue weighted by atomic mass is 32.2. The molecule has 0 radical (unpaired) electrons. The lowest BCUT2D eigenvalue weighted by Crippen LogP contribution is -2.47. The third-order valence-corrected chi connectivity index (χ3v) is 5.12. The minimum atomic E-state index is -1.01. The van der Waals surface area contributed by atoms with Gasteiger partial charge in [0, 0.05) is 23.4 Å². The van der Waals surface area contributed by atoms with Crippen molar-refractivity contribution in [2.75, 3.05) is 16.9 Å². The number of amides is 2. The van der Waals surface area contributed by atoms with Crippen LogP contribution in [0.5, 0.6) is 0 Å². The molecule has 118 valence electrons. The Morgan fingerprint density at radius 3 is 2.64 bits per heavy atom. The first kappa shape index (κ1) is 15.3. The van der Waals surface area contributed by atoms with Crippen molar-refractivity contribution in [2.24, 2.45) is 5.92 Å². The van der Waals surface area contributed by atoms with Gasteiger partial charge in [-0.05, 0) is 25.0 Å². The molecule has 0 aromatic heterocycles. The molecule has 1 N–H and O–H groups in total. The van der Waals surface area contributed by atoms with Crippen molar-refractivity contribution < 1.29 is 18.4 Å². The van der Waals surface area contributed by atoms with Gasteiger partial charge in [-0.25, -0.2) is 8.78 Å². The van der Waals surface area contributed by atoms with Gasteiger partial charge in [0.05, 0.1) is 5.88 Å². The molecule has 1 saturated carbocycles. The highest BCUT2D eigenvalue weighted by Gasteiger charge is 2.39. The maximum atomic E-state index is 13.2. The molecule has 0 bridgehead atoms. The summed E-state index contributed by atoms with van der Waals surface area (Å²) in [6, 6.07) is 2.65. The van der Waals surface area contributed by atoms with Crippen LogP contribution in [0, 0.1) is 17.6 Å². The number of hydrogen-bond acceptors (Lipinski definition) is 3. The van der Waals surface area contributed by atoms with Gasteiger partial charge in [-0.3, -0.25) is 9.59 Å². The third kappa shape index (κ3) is 2.95. The van der Waals surface area contributed by atoms with Crippen LogP contribution in [0.2, 0.25) is 0 Å². The number of carbonyl (C=O) groups is 2. The number of nitrogens with one attached hydrogen (secondary N) is 1. The van der Waals surface area contributed by atoms with Crippen molar-refractivity contribution in [1.29, 1.82) is 0 Å². The Labute approximate surface area is 131 Å². The average molecular weight is 326 g/mol. The monoisotopic (exact) mass is 326 g/mol.